The summed E-state index contributed by atoms with van der Waals surface area (Å²) < 4.78 is 0. The Bertz CT molecular complexity index is 732. The molecule has 0 spiro atoms. The Balaban J connectivity index is 1.83. The molecule has 2 N–H and O–H groups in total. The van der Waals surface area contributed by atoms with Crippen molar-refractivity contribution in [2.24, 2.45) is 0 Å². The molecule has 2 rings (SSSR count). The first-order valence-corrected chi connectivity index (χ1v) is 7.77. The summed E-state index contributed by atoms with van der Waals surface area (Å²) in [6, 6.07) is 12.4. The Labute approximate surface area is 144 Å². The van der Waals surface area contributed by atoms with E-state index in [-0.39, 0.29) is 24.8 Å². The highest BCUT2D eigenvalue weighted by molar-refractivity contribution is 6.36. The van der Waals surface area contributed by atoms with Crippen molar-refractivity contribution >= 4 is 40.7 Å². The molecule has 0 atom stereocenters. The average Bonchev–Trinajstić information content (AvgIpc) is 2.48. The summed E-state index contributed by atoms with van der Waals surface area (Å²) in [4.78, 5) is 23.7. The second-order valence-corrected chi connectivity index (χ2v) is 5.96. The van der Waals surface area contributed by atoms with E-state index in [4.69, 9.17) is 23.2 Å². The van der Waals surface area contributed by atoms with Crippen LogP contribution in [0.25, 0.3) is 0 Å². The van der Waals surface area contributed by atoms with Crippen molar-refractivity contribution in [1.29, 1.82) is 0 Å². The Hall–Kier alpha value is -2.04. The fourth-order valence-corrected chi connectivity index (χ4v) is 2.49. The average molecular weight is 351 g/mol. The lowest BCUT2D eigenvalue weighted by Gasteiger charge is -2.09. The lowest BCUT2D eigenvalue weighted by molar-refractivity contribution is -0.123. The third-order valence-electron chi connectivity index (χ3n) is 3.10. The maximum Gasteiger partial charge on any atom is 0.243 e. The monoisotopic (exact) mass is 350 g/mol. The van der Waals surface area contributed by atoms with Crippen molar-refractivity contribution in [3.63, 3.8) is 0 Å². The zero-order valence-corrected chi connectivity index (χ0v) is 14.0. The highest BCUT2D eigenvalue weighted by Gasteiger charge is 2.09. The van der Waals surface area contributed by atoms with Gasteiger partial charge in [-0.05, 0) is 30.7 Å². The van der Waals surface area contributed by atoms with Gasteiger partial charge in [-0.1, -0.05) is 53.0 Å². The molecule has 0 aromatic heterocycles. The zero-order chi connectivity index (χ0) is 16.8. The first-order valence-electron chi connectivity index (χ1n) is 7.01. The van der Waals surface area contributed by atoms with Crippen molar-refractivity contribution in [1.82, 2.24) is 5.32 Å². The van der Waals surface area contributed by atoms with Crippen LogP contribution in [0, 0.1) is 6.92 Å². The van der Waals surface area contributed by atoms with Crippen LogP contribution in [0.2, 0.25) is 10.0 Å². The normalized spacial score (nSPS) is 10.2. The molecule has 0 aliphatic carbocycles. The van der Waals surface area contributed by atoms with Gasteiger partial charge >= 0.3 is 0 Å². The number of carbonyl (C=O) groups excluding carboxylic acids is 2. The molecule has 120 valence electrons. The summed E-state index contributed by atoms with van der Waals surface area (Å²) in [5, 5.41) is 6.03. The summed E-state index contributed by atoms with van der Waals surface area (Å²) in [5.74, 6) is -0.570. The summed E-state index contributed by atoms with van der Waals surface area (Å²) in [6.45, 7) is 1.84. The van der Waals surface area contributed by atoms with Gasteiger partial charge in [-0.2, -0.15) is 0 Å². The number of rotatable bonds is 5. The quantitative estimate of drug-likeness (QED) is 0.865. The van der Waals surface area contributed by atoms with Gasteiger partial charge in [-0.15, -0.1) is 0 Å². The fraction of sp³-hybridized carbons (Fsp3) is 0.176. The van der Waals surface area contributed by atoms with Crippen molar-refractivity contribution in [2.45, 2.75) is 13.3 Å². The van der Waals surface area contributed by atoms with Crippen molar-refractivity contribution in [3.05, 3.63) is 63.6 Å². The van der Waals surface area contributed by atoms with Gasteiger partial charge in [0.2, 0.25) is 11.8 Å². The smallest absolute Gasteiger partial charge is 0.243 e. The Morgan fingerprint density at radius 2 is 1.83 bits per heavy atom. The second-order valence-electron chi connectivity index (χ2n) is 5.11. The van der Waals surface area contributed by atoms with Crippen molar-refractivity contribution < 1.29 is 9.59 Å². The highest BCUT2D eigenvalue weighted by Crippen LogP contribution is 2.25. The van der Waals surface area contributed by atoms with Gasteiger partial charge in [0.1, 0.15) is 0 Å². The van der Waals surface area contributed by atoms with Crippen LogP contribution in [0.3, 0.4) is 0 Å². The largest absolute Gasteiger partial charge is 0.347 e. The van der Waals surface area contributed by atoms with Gasteiger partial charge in [-0.25, -0.2) is 0 Å². The minimum absolute atomic E-state index is 0.121. The molecule has 0 heterocycles. The Kier molecular flexibility index (Phi) is 6.02. The van der Waals surface area contributed by atoms with Crippen LogP contribution < -0.4 is 10.6 Å². The van der Waals surface area contributed by atoms with E-state index in [2.05, 4.69) is 10.6 Å². The number of benzene rings is 2. The Morgan fingerprint density at radius 3 is 2.52 bits per heavy atom. The van der Waals surface area contributed by atoms with Crippen LogP contribution in [0.1, 0.15) is 11.1 Å². The maximum absolute atomic E-state index is 11.9. The van der Waals surface area contributed by atoms with E-state index < -0.39 is 0 Å². The lowest BCUT2D eigenvalue weighted by atomic mass is 10.1. The molecule has 23 heavy (non-hydrogen) atoms. The van der Waals surface area contributed by atoms with Crippen LogP contribution in [0.4, 0.5) is 5.69 Å². The number of amides is 2. The number of halogens is 2. The van der Waals surface area contributed by atoms with Crippen LogP contribution in [-0.4, -0.2) is 18.4 Å². The molecular weight excluding hydrogens is 335 g/mol. The molecule has 6 heteroatoms. The minimum Gasteiger partial charge on any atom is -0.347 e. The second kappa shape index (κ2) is 7.99. The summed E-state index contributed by atoms with van der Waals surface area (Å²) >= 11 is 11.8. The summed E-state index contributed by atoms with van der Waals surface area (Å²) in [7, 11) is 0. The topological polar surface area (TPSA) is 58.2 Å². The molecule has 0 unspecified atom stereocenters. The van der Waals surface area contributed by atoms with Crippen molar-refractivity contribution in [2.75, 3.05) is 11.9 Å². The first kappa shape index (κ1) is 17.3. The molecular formula is C17H16Cl2N2O2. The molecule has 0 saturated carbocycles. The van der Waals surface area contributed by atoms with E-state index in [1.165, 1.54) is 6.07 Å². The van der Waals surface area contributed by atoms with Gasteiger partial charge in [0.25, 0.3) is 0 Å². The van der Waals surface area contributed by atoms with Crippen LogP contribution >= 0.6 is 23.2 Å². The van der Waals surface area contributed by atoms with E-state index in [9.17, 15) is 9.59 Å². The minimum atomic E-state index is -0.355. The predicted octanol–water partition coefficient (Wildman–Crippen LogP) is 3.60. The standard InChI is InChI=1S/C17H16Cl2N2O2/c1-11-3-2-4-12(7-11)8-16(22)20-10-17(23)21-15-6-5-13(18)9-14(15)19/h2-7,9H,8,10H2,1H3,(H,20,22)(H,21,23). The maximum atomic E-state index is 11.9. The first-order chi connectivity index (χ1) is 10.9. The third-order valence-corrected chi connectivity index (χ3v) is 3.65. The summed E-state index contributed by atoms with van der Waals surface area (Å²) in [5.41, 5.74) is 2.45. The van der Waals surface area contributed by atoms with Gasteiger partial charge in [-0.3, -0.25) is 9.59 Å². The SMILES string of the molecule is Cc1cccc(CC(=O)NCC(=O)Nc2ccc(Cl)cc2Cl)c1. The number of hydrogen-bond donors (Lipinski definition) is 2. The van der Waals surface area contributed by atoms with Gasteiger partial charge < -0.3 is 10.6 Å². The van der Waals surface area contributed by atoms with Crippen LogP contribution in [0.5, 0.6) is 0 Å². The molecule has 0 aliphatic heterocycles. The molecule has 4 nitrogen and oxygen atoms in total. The number of aryl methyl sites for hydroxylation is 1. The van der Waals surface area contributed by atoms with Crippen LogP contribution in [-0.2, 0) is 16.0 Å². The number of hydrogen-bond acceptors (Lipinski definition) is 2. The van der Waals surface area contributed by atoms with Crippen LogP contribution in [0.15, 0.2) is 42.5 Å². The third kappa shape index (κ3) is 5.58. The number of carbonyl (C=O) groups is 2. The molecule has 2 aromatic carbocycles. The zero-order valence-electron chi connectivity index (χ0n) is 12.5. The van der Waals surface area contributed by atoms with Gasteiger partial charge in [0, 0.05) is 5.02 Å². The van der Waals surface area contributed by atoms with Gasteiger partial charge in [0.05, 0.1) is 23.7 Å². The molecule has 2 aromatic rings. The van der Waals surface area contributed by atoms with E-state index in [1.54, 1.807) is 12.1 Å². The molecule has 0 saturated heterocycles. The summed E-state index contributed by atoms with van der Waals surface area (Å²) in [6.07, 6.45) is 0.233. The van der Waals surface area contributed by atoms with E-state index in [1.807, 2.05) is 31.2 Å². The fourth-order valence-electron chi connectivity index (χ4n) is 2.03. The molecule has 0 radical (unpaired) electrons. The van der Waals surface area contributed by atoms with E-state index in [0.29, 0.717) is 15.7 Å². The number of nitrogens with one attached hydrogen (secondary N) is 2. The van der Waals surface area contributed by atoms with E-state index in [0.717, 1.165) is 11.1 Å². The number of anilines is 1. The Morgan fingerprint density at radius 1 is 1.04 bits per heavy atom. The molecule has 0 fully saturated rings. The van der Waals surface area contributed by atoms with Gasteiger partial charge in [0.15, 0.2) is 0 Å². The lowest BCUT2D eigenvalue weighted by Crippen LogP contribution is -2.33. The van der Waals surface area contributed by atoms with Crippen molar-refractivity contribution in [3.8, 4) is 0 Å². The molecule has 2 amide bonds. The highest BCUT2D eigenvalue weighted by atomic mass is 35.5. The predicted molar refractivity (Wildman–Crippen MR) is 93.0 cm³/mol. The molecule has 0 bridgehead atoms. The van der Waals surface area contributed by atoms with E-state index >= 15 is 0 Å². The molecule has 0 aliphatic rings.